The zero-order valence-corrected chi connectivity index (χ0v) is 17.8. The number of aromatic nitrogens is 3. The smallest absolute Gasteiger partial charge is 0.290 e. The fourth-order valence-corrected chi connectivity index (χ4v) is 4.55. The summed E-state index contributed by atoms with van der Waals surface area (Å²) in [5.74, 6) is 1.04. The monoisotopic (exact) mass is 423 g/mol. The summed E-state index contributed by atoms with van der Waals surface area (Å²) in [7, 11) is 0. The van der Waals surface area contributed by atoms with Gasteiger partial charge >= 0.3 is 0 Å². The van der Waals surface area contributed by atoms with Crippen LogP contribution in [0.15, 0.2) is 35.4 Å². The molecule has 1 N–H and O–H groups in total. The van der Waals surface area contributed by atoms with E-state index in [0.29, 0.717) is 16.5 Å². The number of carbonyl (C=O) groups is 2. The molecule has 4 heterocycles. The van der Waals surface area contributed by atoms with E-state index < -0.39 is 0 Å². The number of aryl methyl sites for hydroxylation is 2. The Kier molecular flexibility index (Phi) is 6.42. The van der Waals surface area contributed by atoms with Gasteiger partial charge in [-0.25, -0.2) is 9.97 Å². The van der Waals surface area contributed by atoms with Crippen LogP contribution in [0.4, 0.5) is 10.7 Å². The van der Waals surface area contributed by atoms with Gasteiger partial charge in [0, 0.05) is 30.7 Å². The number of hydrogen-bond acceptors (Lipinski definition) is 7. The molecule has 156 valence electrons. The van der Waals surface area contributed by atoms with Crippen LogP contribution in [0.2, 0.25) is 0 Å². The molecule has 7 nitrogen and oxygen atoms in total. The number of piperidine rings is 1. The molecule has 2 fully saturated rings. The molecule has 0 saturated carbocycles. The minimum Gasteiger partial charge on any atom is -0.341 e. The second kappa shape index (κ2) is 9.38. The van der Waals surface area contributed by atoms with Gasteiger partial charge in [-0.05, 0) is 81.0 Å². The van der Waals surface area contributed by atoms with Gasteiger partial charge in [-0.1, -0.05) is 6.07 Å². The Labute approximate surface area is 180 Å². The maximum absolute atomic E-state index is 11.7. The first-order valence-corrected chi connectivity index (χ1v) is 11.1. The minimum atomic E-state index is -0.369. The van der Waals surface area contributed by atoms with Crippen LogP contribution in [0.3, 0.4) is 0 Å². The molecule has 0 bridgehead atoms. The molecule has 2 amide bonds. The normalized spacial score (nSPS) is 18.8. The Morgan fingerprint density at radius 3 is 2.77 bits per heavy atom. The molecule has 2 aliphatic heterocycles. The van der Waals surface area contributed by atoms with Crippen molar-refractivity contribution in [2.45, 2.75) is 39.0 Å². The van der Waals surface area contributed by atoms with E-state index in [-0.39, 0.29) is 11.1 Å². The van der Waals surface area contributed by atoms with Gasteiger partial charge in [0.15, 0.2) is 0 Å². The summed E-state index contributed by atoms with van der Waals surface area (Å²) in [6.07, 6.45) is 9.02. The lowest BCUT2D eigenvalue weighted by Crippen LogP contribution is -2.35. The number of amides is 2. The van der Waals surface area contributed by atoms with Crippen molar-refractivity contribution >= 4 is 34.9 Å². The van der Waals surface area contributed by atoms with E-state index in [2.05, 4.69) is 37.3 Å². The number of rotatable bonds is 6. The highest BCUT2D eigenvalue weighted by atomic mass is 32.2. The maximum Gasteiger partial charge on any atom is 0.290 e. The second-order valence-corrected chi connectivity index (χ2v) is 8.74. The molecule has 0 unspecified atom stereocenters. The highest BCUT2D eigenvalue weighted by Crippen LogP contribution is 2.27. The van der Waals surface area contributed by atoms with E-state index in [4.69, 9.17) is 0 Å². The number of nitrogens with one attached hydrogen (secondary N) is 1. The van der Waals surface area contributed by atoms with Crippen molar-refractivity contribution < 1.29 is 9.59 Å². The molecule has 2 aromatic rings. The maximum atomic E-state index is 11.7. The Hall–Kier alpha value is -2.74. The summed E-state index contributed by atoms with van der Waals surface area (Å²) in [6.45, 7) is 3.90. The van der Waals surface area contributed by atoms with Crippen LogP contribution < -0.4 is 10.2 Å². The zero-order valence-electron chi connectivity index (χ0n) is 17.0. The molecule has 2 saturated heterocycles. The fourth-order valence-electron chi connectivity index (χ4n) is 3.88. The quantitative estimate of drug-likeness (QED) is 0.708. The average Bonchev–Trinajstić information content (AvgIpc) is 3.05. The van der Waals surface area contributed by atoms with Crippen LogP contribution in [0, 0.1) is 12.8 Å². The molecule has 30 heavy (non-hydrogen) atoms. The van der Waals surface area contributed by atoms with Gasteiger partial charge in [-0.15, -0.1) is 0 Å². The van der Waals surface area contributed by atoms with Crippen molar-refractivity contribution in [3.8, 4) is 0 Å². The van der Waals surface area contributed by atoms with Crippen LogP contribution >= 0.6 is 11.8 Å². The SMILES string of the molecule is Cc1cccc(CCCC2CCN(c3nccc(/C=C4\SC(=O)NC4=O)n3)CC2)n1. The third-order valence-electron chi connectivity index (χ3n) is 5.47. The summed E-state index contributed by atoms with van der Waals surface area (Å²) in [5, 5.41) is 1.91. The van der Waals surface area contributed by atoms with Gasteiger partial charge in [0.1, 0.15) is 0 Å². The Bertz CT molecular complexity index is 970. The molecule has 0 aromatic carbocycles. The lowest BCUT2D eigenvalue weighted by atomic mass is 9.91. The van der Waals surface area contributed by atoms with Gasteiger partial charge < -0.3 is 4.90 Å². The fraction of sp³-hybridized carbons (Fsp3) is 0.409. The van der Waals surface area contributed by atoms with E-state index in [1.54, 1.807) is 18.3 Å². The molecule has 0 spiro atoms. The summed E-state index contributed by atoms with van der Waals surface area (Å²) in [5.41, 5.74) is 2.90. The highest BCUT2D eigenvalue weighted by molar-refractivity contribution is 8.18. The van der Waals surface area contributed by atoms with Crippen molar-refractivity contribution in [2.24, 2.45) is 5.92 Å². The predicted octanol–water partition coefficient (Wildman–Crippen LogP) is 3.74. The summed E-state index contributed by atoms with van der Waals surface area (Å²) in [4.78, 5) is 39.2. The number of imide groups is 1. The number of pyridine rings is 1. The van der Waals surface area contributed by atoms with E-state index >= 15 is 0 Å². The molecule has 0 atom stereocenters. The van der Waals surface area contributed by atoms with Crippen molar-refractivity contribution in [3.05, 3.63) is 52.4 Å². The molecule has 8 heteroatoms. The Balaban J connectivity index is 1.28. The van der Waals surface area contributed by atoms with Crippen LogP contribution in [0.25, 0.3) is 6.08 Å². The summed E-state index contributed by atoms with van der Waals surface area (Å²) in [6, 6.07) is 7.97. The molecule has 2 aliphatic rings. The van der Waals surface area contributed by atoms with Crippen molar-refractivity contribution in [1.82, 2.24) is 20.3 Å². The Morgan fingerprint density at radius 2 is 2.03 bits per heavy atom. The second-order valence-electron chi connectivity index (χ2n) is 7.73. The molecular weight excluding hydrogens is 398 g/mol. The van der Waals surface area contributed by atoms with Gasteiger partial charge in [-0.3, -0.25) is 19.9 Å². The first-order valence-electron chi connectivity index (χ1n) is 10.3. The third kappa shape index (κ3) is 5.24. The van der Waals surface area contributed by atoms with Crippen LogP contribution in [0.1, 0.15) is 42.8 Å². The first-order chi connectivity index (χ1) is 14.6. The number of carbonyl (C=O) groups excluding carboxylic acids is 2. The third-order valence-corrected chi connectivity index (χ3v) is 6.28. The van der Waals surface area contributed by atoms with Crippen LogP contribution in [-0.2, 0) is 11.2 Å². The largest absolute Gasteiger partial charge is 0.341 e. The predicted molar refractivity (Wildman–Crippen MR) is 118 cm³/mol. The Morgan fingerprint density at radius 1 is 1.20 bits per heavy atom. The van der Waals surface area contributed by atoms with Crippen LogP contribution in [-0.4, -0.2) is 39.2 Å². The summed E-state index contributed by atoms with van der Waals surface area (Å²) < 4.78 is 0. The van der Waals surface area contributed by atoms with Gasteiger partial charge in [0.2, 0.25) is 5.95 Å². The highest BCUT2D eigenvalue weighted by Gasteiger charge is 2.25. The first kappa shape index (κ1) is 20.5. The minimum absolute atomic E-state index is 0.346. The topological polar surface area (TPSA) is 88.1 Å². The zero-order chi connectivity index (χ0) is 20.9. The number of thioether (sulfide) groups is 1. The lowest BCUT2D eigenvalue weighted by Gasteiger charge is -2.32. The van der Waals surface area contributed by atoms with Gasteiger partial charge in [0.25, 0.3) is 11.1 Å². The average molecular weight is 424 g/mol. The standard InChI is InChI=1S/C22H25N5O2S/c1-15-4-2-6-17(24-15)7-3-5-16-9-12-27(13-10-16)21-23-11-8-18(25-21)14-19-20(28)26-22(29)30-19/h2,4,6,8,11,14,16H,3,5,7,9-10,12-13H2,1H3,(H,26,28,29)/b19-14-. The van der Waals surface area contributed by atoms with E-state index in [0.717, 1.165) is 55.7 Å². The van der Waals surface area contributed by atoms with Crippen molar-refractivity contribution in [2.75, 3.05) is 18.0 Å². The lowest BCUT2D eigenvalue weighted by molar-refractivity contribution is -0.115. The van der Waals surface area contributed by atoms with E-state index in [1.807, 2.05) is 13.0 Å². The number of anilines is 1. The molecular formula is C22H25N5O2S. The summed E-state index contributed by atoms with van der Waals surface area (Å²) >= 11 is 0.900. The molecule has 0 aliphatic carbocycles. The number of hydrogen-bond donors (Lipinski definition) is 1. The van der Waals surface area contributed by atoms with E-state index in [1.165, 1.54) is 18.5 Å². The number of nitrogens with zero attached hydrogens (tertiary/aromatic N) is 4. The molecule has 0 radical (unpaired) electrons. The molecule has 2 aromatic heterocycles. The van der Waals surface area contributed by atoms with E-state index in [9.17, 15) is 9.59 Å². The van der Waals surface area contributed by atoms with Gasteiger partial charge in [-0.2, -0.15) is 0 Å². The van der Waals surface area contributed by atoms with Gasteiger partial charge in [0.05, 0.1) is 10.6 Å². The van der Waals surface area contributed by atoms with Crippen LogP contribution in [0.5, 0.6) is 0 Å². The molecule has 4 rings (SSSR count). The van der Waals surface area contributed by atoms with Crippen molar-refractivity contribution in [3.63, 3.8) is 0 Å². The van der Waals surface area contributed by atoms with Crippen molar-refractivity contribution in [1.29, 1.82) is 0 Å².